The molecule has 0 saturated heterocycles. The van der Waals surface area contributed by atoms with Crippen LogP contribution in [0, 0.1) is 11.3 Å². The molecule has 74 valence electrons. The lowest BCUT2D eigenvalue weighted by Crippen LogP contribution is -1.99. The first kappa shape index (κ1) is 10.7. The number of hydrogen-bond donors (Lipinski definition) is 0. The number of nitriles is 1. The van der Waals surface area contributed by atoms with E-state index in [0.717, 1.165) is 42.5 Å². The summed E-state index contributed by atoms with van der Waals surface area (Å²) >= 11 is 0. The molecule has 1 aromatic rings. The van der Waals surface area contributed by atoms with Gasteiger partial charge in [0, 0.05) is 6.20 Å². The Labute approximate surface area is 85.6 Å². The summed E-state index contributed by atoms with van der Waals surface area (Å²) in [6.07, 6.45) is 5.81. The molecule has 0 fully saturated rings. The van der Waals surface area contributed by atoms with Crippen molar-refractivity contribution in [2.75, 3.05) is 0 Å². The summed E-state index contributed by atoms with van der Waals surface area (Å²) in [6, 6.07) is 4.23. The summed E-state index contributed by atoms with van der Waals surface area (Å²) in [5.41, 5.74) is 2.91. The van der Waals surface area contributed by atoms with Gasteiger partial charge < -0.3 is 0 Å². The zero-order valence-electron chi connectivity index (χ0n) is 8.88. The highest BCUT2D eigenvalue weighted by atomic mass is 14.7. The van der Waals surface area contributed by atoms with Gasteiger partial charge in [0.2, 0.25) is 0 Å². The number of aromatic nitrogens is 1. The second kappa shape index (κ2) is 5.39. The second-order valence-electron chi connectivity index (χ2n) is 3.40. The van der Waals surface area contributed by atoms with Crippen LogP contribution in [0.3, 0.4) is 0 Å². The highest BCUT2D eigenvalue weighted by Gasteiger charge is 2.07. The van der Waals surface area contributed by atoms with Gasteiger partial charge in [-0.2, -0.15) is 5.26 Å². The Kier molecular flexibility index (Phi) is 4.12. The van der Waals surface area contributed by atoms with E-state index in [1.807, 2.05) is 12.3 Å². The van der Waals surface area contributed by atoms with Gasteiger partial charge in [-0.3, -0.25) is 4.98 Å². The lowest BCUT2D eigenvalue weighted by atomic mass is 10.0. The molecule has 2 nitrogen and oxygen atoms in total. The maximum absolute atomic E-state index is 9.06. The van der Waals surface area contributed by atoms with Crippen LogP contribution in [0.1, 0.15) is 43.5 Å². The number of rotatable bonds is 4. The number of hydrogen-bond acceptors (Lipinski definition) is 2. The molecule has 0 aliphatic rings. The van der Waals surface area contributed by atoms with Crippen molar-refractivity contribution in [1.82, 2.24) is 4.98 Å². The van der Waals surface area contributed by atoms with E-state index in [2.05, 4.69) is 24.9 Å². The van der Waals surface area contributed by atoms with Crippen LogP contribution in [0.4, 0.5) is 0 Å². The van der Waals surface area contributed by atoms with Gasteiger partial charge in [-0.1, -0.05) is 26.7 Å². The molecule has 0 aliphatic carbocycles. The largest absolute Gasteiger partial charge is 0.260 e. The van der Waals surface area contributed by atoms with E-state index in [1.54, 1.807) is 0 Å². The standard InChI is InChI=1S/C12H16N2/c1-3-5-10-7-8-14-12(6-4-2)11(10)9-13/h7-8H,3-6H2,1-2H3. The Morgan fingerprint density at radius 2 is 2.00 bits per heavy atom. The Hall–Kier alpha value is -1.36. The Bertz CT molecular complexity index is 312. The fourth-order valence-electron chi connectivity index (χ4n) is 1.59. The summed E-state index contributed by atoms with van der Waals surface area (Å²) in [5, 5.41) is 9.06. The van der Waals surface area contributed by atoms with E-state index < -0.39 is 0 Å². The fourth-order valence-corrected chi connectivity index (χ4v) is 1.59. The van der Waals surface area contributed by atoms with Crippen molar-refractivity contribution in [3.05, 3.63) is 29.1 Å². The van der Waals surface area contributed by atoms with Gasteiger partial charge in [0.05, 0.1) is 11.3 Å². The van der Waals surface area contributed by atoms with E-state index in [0.29, 0.717) is 0 Å². The first-order valence-corrected chi connectivity index (χ1v) is 5.20. The van der Waals surface area contributed by atoms with E-state index >= 15 is 0 Å². The lowest BCUT2D eigenvalue weighted by molar-refractivity contribution is 0.856. The van der Waals surface area contributed by atoms with Crippen LogP contribution in [-0.4, -0.2) is 4.98 Å². The average Bonchev–Trinajstić information content (AvgIpc) is 2.19. The SMILES string of the molecule is CCCc1ccnc(CCC)c1C#N. The molecule has 1 rings (SSSR count). The third-order valence-electron chi connectivity index (χ3n) is 2.23. The van der Waals surface area contributed by atoms with Crippen LogP contribution in [-0.2, 0) is 12.8 Å². The number of aryl methyl sites for hydroxylation is 2. The quantitative estimate of drug-likeness (QED) is 0.728. The number of nitrogens with zero attached hydrogens (tertiary/aromatic N) is 2. The molecule has 2 heteroatoms. The Morgan fingerprint density at radius 1 is 1.29 bits per heavy atom. The van der Waals surface area contributed by atoms with Gasteiger partial charge >= 0.3 is 0 Å². The molecule has 1 heterocycles. The van der Waals surface area contributed by atoms with Crippen molar-refractivity contribution >= 4 is 0 Å². The van der Waals surface area contributed by atoms with Crippen LogP contribution in [0.5, 0.6) is 0 Å². The molecular weight excluding hydrogens is 172 g/mol. The highest BCUT2D eigenvalue weighted by molar-refractivity contribution is 5.40. The van der Waals surface area contributed by atoms with E-state index in [9.17, 15) is 0 Å². The fraction of sp³-hybridized carbons (Fsp3) is 0.500. The maximum atomic E-state index is 9.06. The molecule has 0 amide bonds. The van der Waals surface area contributed by atoms with Gasteiger partial charge in [-0.25, -0.2) is 0 Å². The van der Waals surface area contributed by atoms with Crippen LogP contribution < -0.4 is 0 Å². The van der Waals surface area contributed by atoms with Gasteiger partial charge in [0.1, 0.15) is 6.07 Å². The van der Waals surface area contributed by atoms with Crippen molar-refractivity contribution < 1.29 is 0 Å². The number of pyridine rings is 1. The minimum Gasteiger partial charge on any atom is -0.260 e. The van der Waals surface area contributed by atoms with Gasteiger partial charge in [0.15, 0.2) is 0 Å². The predicted molar refractivity (Wildman–Crippen MR) is 56.9 cm³/mol. The third-order valence-corrected chi connectivity index (χ3v) is 2.23. The van der Waals surface area contributed by atoms with E-state index in [-0.39, 0.29) is 0 Å². The van der Waals surface area contributed by atoms with E-state index in [4.69, 9.17) is 5.26 Å². The highest BCUT2D eigenvalue weighted by Crippen LogP contribution is 2.14. The molecule has 0 aromatic carbocycles. The lowest BCUT2D eigenvalue weighted by Gasteiger charge is -2.06. The topological polar surface area (TPSA) is 36.7 Å². The molecule has 0 unspecified atom stereocenters. The minimum atomic E-state index is 0.802. The summed E-state index contributed by atoms with van der Waals surface area (Å²) < 4.78 is 0. The predicted octanol–water partition coefficient (Wildman–Crippen LogP) is 2.86. The molecule has 0 radical (unpaired) electrons. The Balaban J connectivity index is 3.06. The average molecular weight is 188 g/mol. The van der Waals surface area contributed by atoms with Gasteiger partial charge in [0.25, 0.3) is 0 Å². The molecule has 0 aliphatic heterocycles. The molecule has 0 atom stereocenters. The minimum absolute atomic E-state index is 0.802. The van der Waals surface area contributed by atoms with Crippen LogP contribution >= 0.6 is 0 Å². The first-order chi connectivity index (χ1) is 6.83. The summed E-state index contributed by atoms with van der Waals surface area (Å²) in [5.74, 6) is 0. The van der Waals surface area contributed by atoms with Crippen LogP contribution in [0.25, 0.3) is 0 Å². The van der Waals surface area contributed by atoms with Crippen molar-refractivity contribution in [2.45, 2.75) is 39.5 Å². The Morgan fingerprint density at radius 3 is 2.57 bits per heavy atom. The van der Waals surface area contributed by atoms with Crippen LogP contribution in [0.2, 0.25) is 0 Å². The maximum Gasteiger partial charge on any atom is 0.101 e. The van der Waals surface area contributed by atoms with E-state index in [1.165, 1.54) is 0 Å². The molecule has 1 aromatic heterocycles. The molecular formula is C12H16N2. The van der Waals surface area contributed by atoms with Crippen molar-refractivity contribution in [3.63, 3.8) is 0 Å². The molecule has 0 bridgehead atoms. The zero-order chi connectivity index (χ0) is 10.4. The summed E-state index contributed by atoms with van der Waals surface area (Å²) in [7, 11) is 0. The zero-order valence-corrected chi connectivity index (χ0v) is 8.88. The normalized spacial score (nSPS) is 9.79. The smallest absolute Gasteiger partial charge is 0.101 e. The van der Waals surface area contributed by atoms with Gasteiger partial charge in [-0.15, -0.1) is 0 Å². The van der Waals surface area contributed by atoms with Crippen molar-refractivity contribution in [2.24, 2.45) is 0 Å². The van der Waals surface area contributed by atoms with Gasteiger partial charge in [-0.05, 0) is 24.5 Å². The monoisotopic (exact) mass is 188 g/mol. The second-order valence-corrected chi connectivity index (χ2v) is 3.40. The molecule has 0 N–H and O–H groups in total. The summed E-state index contributed by atoms with van der Waals surface area (Å²) in [6.45, 7) is 4.23. The molecule has 0 saturated carbocycles. The summed E-state index contributed by atoms with van der Waals surface area (Å²) in [4.78, 5) is 4.26. The van der Waals surface area contributed by atoms with Crippen molar-refractivity contribution in [3.8, 4) is 6.07 Å². The van der Waals surface area contributed by atoms with Crippen molar-refractivity contribution in [1.29, 1.82) is 5.26 Å². The first-order valence-electron chi connectivity index (χ1n) is 5.20. The molecule has 0 spiro atoms. The third kappa shape index (κ3) is 2.32. The molecule has 14 heavy (non-hydrogen) atoms. The van der Waals surface area contributed by atoms with Crippen LogP contribution in [0.15, 0.2) is 12.3 Å².